The molecule has 0 spiro atoms. The van der Waals surface area contributed by atoms with Crippen molar-refractivity contribution in [3.63, 3.8) is 0 Å². The lowest BCUT2D eigenvalue weighted by Crippen LogP contribution is -2.27. The minimum Gasteiger partial charge on any atom is -0.457 e. The predicted octanol–water partition coefficient (Wildman–Crippen LogP) is 4.93. The molecule has 0 atom stereocenters. The molecule has 0 aliphatic carbocycles. The van der Waals surface area contributed by atoms with E-state index in [4.69, 9.17) is 4.74 Å². The van der Waals surface area contributed by atoms with Gasteiger partial charge in [0.25, 0.3) is 5.91 Å². The van der Waals surface area contributed by atoms with Crippen molar-refractivity contribution in [2.45, 2.75) is 6.42 Å². The normalized spacial score (nSPS) is 12.6. The molecule has 0 aromatic heterocycles. The molecule has 1 aliphatic rings. The summed E-state index contributed by atoms with van der Waals surface area (Å²) in [6.07, 6.45) is 0.182. The number of nitrogens with one attached hydrogen (secondary N) is 1. The Kier molecular flexibility index (Phi) is 5.12. The van der Waals surface area contributed by atoms with E-state index in [1.54, 1.807) is 35.2 Å². The van der Waals surface area contributed by atoms with Gasteiger partial charge in [0.2, 0.25) is 5.91 Å². The standard InChI is InChI=1S/C24H20N2O3/c1-17-21-9-5-6-10-22(21)24(28)26(17)16-15-23(27)25-18-11-13-20(14-12-18)29-19-7-3-2-4-8-19/h2-14H,1,15-16H2,(H,25,27). The maximum atomic E-state index is 12.5. The summed E-state index contributed by atoms with van der Waals surface area (Å²) in [5, 5.41) is 2.85. The molecule has 4 rings (SSSR count). The first kappa shape index (κ1) is 18.5. The maximum absolute atomic E-state index is 12.5. The van der Waals surface area contributed by atoms with Gasteiger partial charge in [0, 0.05) is 35.5 Å². The van der Waals surface area contributed by atoms with Crippen LogP contribution in [0, 0.1) is 0 Å². The molecule has 3 aromatic carbocycles. The summed E-state index contributed by atoms with van der Waals surface area (Å²) >= 11 is 0. The fraction of sp³-hybridized carbons (Fsp3) is 0.0833. The topological polar surface area (TPSA) is 58.6 Å². The van der Waals surface area contributed by atoms with Gasteiger partial charge in [0.1, 0.15) is 11.5 Å². The molecule has 5 heteroatoms. The lowest BCUT2D eigenvalue weighted by atomic mass is 10.1. The molecule has 0 saturated heterocycles. The second kappa shape index (κ2) is 8.02. The second-order valence-electron chi connectivity index (χ2n) is 6.69. The van der Waals surface area contributed by atoms with E-state index in [9.17, 15) is 9.59 Å². The minimum absolute atomic E-state index is 0.110. The van der Waals surface area contributed by atoms with Gasteiger partial charge in [0.05, 0.1) is 0 Å². The van der Waals surface area contributed by atoms with Crippen molar-refractivity contribution in [1.82, 2.24) is 4.90 Å². The molecule has 144 valence electrons. The average molecular weight is 384 g/mol. The van der Waals surface area contributed by atoms with Crippen molar-refractivity contribution >= 4 is 23.2 Å². The van der Waals surface area contributed by atoms with Gasteiger partial charge in [-0.3, -0.25) is 9.59 Å². The second-order valence-corrected chi connectivity index (χ2v) is 6.69. The molecule has 0 unspecified atom stereocenters. The van der Waals surface area contributed by atoms with Crippen molar-refractivity contribution in [2.75, 3.05) is 11.9 Å². The highest BCUT2D eigenvalue weighted by atomic mass is 16.5. The summed E-state index contributed by atoms with van der Waals surface area (Å²) in [6, 6.07) is 24.0. The minimum atomic E-state index is -0.168. The number of para-hydroxylation sites is 1. The Labute approximate surface area is 169 Å². The molecule has 5 nitrogen and oxygen atoms in total. The average Bonchev–Trinajstić information content (AvgIpc) is 2.99. The van der Waals surface area contributed by atoms with Crippen LogP contribution in [0.15, 0.2) is 85.4 Å². The van der Waals surface area contributed by atoms with E-state index in [-0.39, 0.29) is 24.8 Å². The molecular formula is C24H20N2O3. The van der Waals surface area contributed by atoms with E-state index >= 15 is 0 Å². The number of carbonyl (C=O) groups is 2. The Morgan fingerprint density at radius 1 is 0.862 bits per heavy atom. The Morgan fingerprint density at radius 2 is 1.48 bits per heavy atom. The summed E-state index contributed by atoms with van der Waals surface area (Å²) in [5.41, 5.74) is 2.77. The van der Waals surface area contributed by atoms with E-state index in [0.717, 1.165) is 11.3 Å². The molecule has 1 heterocycles. The van der Waals surface area contributed by atoms with Gasteiger partial charge < -0.3 is 15.0 Å². The van der Waals surface area contributed by atoms with Crippen LogP contribution in [0.2, 0.25) is 0 Å². The number of hydrogen-bond acceptors (Lipinski definition) is 3. The van der Waals surface area contributed by atoms with Crippen molar-refractivity contribution in [3.05, 3.63) is 96.6 Å². The maximum Gasteiger partial charge on any atom is 0.258 e. The van der Waals surface area contributed by atoms with Crippen LogP contribution in [0.4, 0.5) is 5.69 Å². The lowest BCUT2D eigenvalue weighted by molar-refractivity contribution is -0.116. The Bertz CT molecular complexity index is 1020. The molecular weight excluding hydrogens is 364 g/mol. The number of nitrogens with zero attached hydrogens (tertiary/aromatic N) is 1. The Balaban J connectivity index is 1.31. The largest absolute Gasteiger partial charge is 0.457 e. The van der Waals surface area contributed by atoms with E-state index in [1.165, 1.54) is 0 Å². The van der Waals surface area contributed by atoms with Crippen molar-refractivity contribution in [2.24, 2.45) is 0 Å². The summed E-state index contributed by atoms with van der Waals surface area (Å²) in [6.45, 7) is 4.28. The monoisotopic (exact) mass is 384 g/mol. The molecule has 0 fully saturated rings. The first-order valence-corrected chi connectivity index (χ1v) is 9.35. The van der Waals surface area contributed by atoms with Crippen LogP contribution in [0.3, 0.4) is 0 Å². The van der Waals surface area contributed by atoms with Gasteiger partial charge >= 0.3 is 0 Å². The van der Waals surface area contributed by atoms with E-state index in [1.807, 2.05) is 48.5 Å². The quantitative estimate of drug-likeness (QED) is 0.655. The fourth-order valence-electron chi connectivity index (χ4n) is 3.24. The number of ether oxygens (including phenoxy) is 1. The van der Waals surface area contributed by atoms with Crippen LogP contribution in [0.25, 0.3) is 5.70 Å². The van der Waals surface area contributed by atoms with Crippen molar-refractivity contribution in [3.8, 4) is 11.5 Å². The third kappa shape index (κ3) is 4.04. The predicted molar refractivity (Wildman–Crippen MR) is 113 cm³/mol. The molecule has 0 saturated carbocycles. The Hall–Kier alpha value is -3.86. The highest BCUT2D eigenvalue weighted by Gasteiger charge is 2.30. The number of rotatable bonds is 6. The smallest absolute Gasteiger partial charge is 0.258 e. The molecule has 0 bridgehead atoms. The first-order chi connectivity index (χ1) is 14.1. The van der Waals surface area contributed by atoms with Crippen LogP contribution in [0.5, 0.6) is 11.5 Å². The van der Waals surface area contributed by atoms with Gasteiger partial charge in [-0.1, -0.05) is 43.0 Å². The fourth-order valence-corrected chi connectivity index (χ4v) is 3.24. The highest BCUT2D eigenvalue weighted by molar-refractivity contribution is 6.09. The highest BCUT2D eigenvalue weighted by Crippen LogP contribution is 2.31. The molecule has 1 aliphatic heterocycles. The number of carbonyl (C=O) groups excluding carboxylic acids is 2. The van der Waals surface area contributed by atoms with Gasteiger partial charge in [-0.2, -0.15) is 0 Å². The van der Waals surface area contributed by atoms with E-state index < -0.39 is 0 Å². The Morgan fingerprint density at radius 3 is 2.17 bits per heavy atom. The molecule has 2 amide bonds. The van der Waals surface area contributed by atoms with Crippen molar-refractivity contribution in [1.29, 1.82) is 0 Å². The van der Waals surface area contributed by atoms with E-state index in [0.29, 0.717) is 22.7 Å². The number of fused-ring (bicyclic) bond motifs is 1. The molecule has 3 aromatic rings. The van der Waals surface area contributed by atoms with Crippen LogP contribution < -0.4 is 10.1 Å². The zero-order valence-corrected chi connectivity index (χ0v) is 15.8. The van der Waals surface area contributed by atoms with Crippen LogP contribution in [0.1, 0.15) is 22.3 Å². The molecule has 0 radical (unpaired) electrons. The van der Waals surface area contributed by atoms with Gasteiger partial charge in [0.15, 0.2) is 0 Å². The third-order valence-electron chi connectivity index (χ3n) is 4.72. The summed E-state index contributed by atoms with van der Waals surface area (Å²) in [7, 11) is 0. The number of anilines is 1. The van der Waals surface area contributed by atoms with Crippen molar-refractivity contribution < 1.29 is 14.3 Å². The SMILES string of the molecule is C=C1c2ccccc2C(=O)N1CCC(=O)Nc1ccc(Oc2ccccc2)cc1. The summed E-state index contributed by atoms with van der Waals surface area (Å²) in [5.74, 6) is 1.16. The third-order valence-corrected chi connectivity index (χ3v) is 4.72. The number of amides is 2. The summed E-state index contributed by atoms with van der Waals surface area (Å²) in [4.78, 5) is 26.4. The first-order valence-electron chi connectivity index (χ1n) is 9.35. The van der Waals surface area contributed by atoms with Crippen LogP contribution in [-0.2, 0) is 4.79 Å². The number of hydrogen-bond donors (Lipinski definition) is 1. The molecule has 1 N–H and O–H groups in total. The summed E-state index contributed by atoms with van der Waals surface area (Å²) < 4.78 is 5.74. The zero-order valence-electron chi connectivity index (χ0n) is 15.8. The van der Waals surface area contributed by atoms with Crippen LogP contribution >= 0.6 is 0 Å². The van der Waals surface area contributed by atoms with Gasteiger partial charge in [-0.15, -0.1) is 0 Å². The molecule has 29 heavy (non-hydrogen) atoms. The van der Waals surface area contributed by atoms with Crippen LogP contribution in [-0.4, -0.2) is 23.3 Å². The number of benzene rings is 3. The van der Waals surface area contributed by atoms with Gasteiger partial charge in [-0.05, 0) is 42.5 Å². The van der Waals surface area contributed by atoms with Gasteiger partial charge in [-0.25, -0.2) is 0 Å². The lowest BCUT2D eigenvalue weighted by Gasteiger charge is -2.17. The zero-order chi connectivity index (χ0) is 20.2. The van der Waals surface area contributed by atoms with E-state index in [2.05, 4.69) is 11.9 Å².